The Hall–Kier alpha value is -1.74. The molecule has 2 aliphatic heterocycles. The van der Waals surface area contributed by atoms with Crippen LogP contribution in [-0.4, -0.2) is 61.3 Å². The summed E-state index contributed by atoms with van der Waals surface area (Å²) in [5.74, 6) is 0.891. The molecule has 9 heteroatoms. The van der Waals surface area contributed by atoms with E-state index in [-0.39, 0.29) is 0 Å². The van der Waals surface area contributed by atoms with Crippen molar-refractivity contribution in [1.82, 2.24) is 14.3 Å². The van der Waals surface area contributed by atoms with Crippen LogP contribution in [0.15, 0.2) is 12.4 Å². The zero-order valence-corrected chi connectivity index (χ0v) is 13.8. The number of carbonyl (C=O) groups is 1. The molecule has 0 spiro atoms. The molecule has 0 saturated carbocycles. The van der Waals surface area contributed by atoms with Crippen LogP contribution < -0.4 is 4.90 Å². The highest BCUT2D eigenvalue weighted by atomic mass is 32.2. The van der Waals surface area contributed by atoms with Crippen molar-refractivity contribution in [1.29, 1.82) is 0 Å². The van der Waals surface area contributed by atoms with Gasteiger partial charge in [0.2, 0.25) is 10.0 Å². The number of hydrogen-bond acceptors (Lipinski definition) is 6. The van der Waals surface area contributed by atoms with Gasteiger partial charge in [-0.25, -0.2) is 22.5 Å². The van der Waals surface area contributed by atoms with Gasteiger partial charge in [0.1, 0.15) is 6.61 Å². The molecule has 126 valence electrons. The van der Waals surface area contributed by atoms with E-state index in [9.17, 15) is 13.2 Å². The first-order valence-corrected chi connectivity index (χ1v) is 9.49. The van der Waals surface area contributed by atoms with Crippen LogP contribution in [0.2, 0.25) is 0 Å². The minimum absolute atomic E-state index is 0.335. The second kappa shape index (κ2) is 6.40. The fourth-order valence-corrected chi connectivity index (χ4v) is 3.91. The van der Waals surface area contributed by atoms with Crippen molar-refractivity contribution in [3.63, 3.8) is 0 Å². The normalized spacial score (nSPS) is 20.7. The Kier molecular flexibility index (Phi) is 4.49. The lowest BCUT2D eigenvalue weighted by atomic mass is 9.93. The number of amides is 1. The molecule has 0 radical (unpaired) electrons. The molecule has 2 saturated heterocycles. The predicted octanol–water partition coefficient (Wildman–Crippen LogP) is 0.647. The number of rotatable bonds is 4. The van der Waals surface area contributed by atoms with Crippen LogP contribution in [0.4, 0.5) is 10.6 Å². The van der Waals surface area contributed by atoms with Gasteiger partial charge in [0, 0.05) is 25.5 Å². The summed E-state index contributed by atoms with van der Waals surface area (Å²) in [7, 11) is -3.11. The largest absolute Gasteiger partial charge is 0.447 e. The maximum absolute atomic E-state index is 11.7. The highest BCUT2D eigenvalue weighted by Crippen LogP contribution is 2.26. The summed E-state index contributed by atoms with van der Waals surface area (Å²) in [6.45, 7) is 1.91. The fourth-order valence-electron chi connectivity index (χ4n) is 3.03. The standard InChI is InChI=1S/C14H20N4O4S/c1-23(20,21)17-6-2-11(3-7-17)10-12-13(16-5-4-15-12)18-8-9-22-14(18)19/h4-5,11H,2-3,6-10H2,1H3. The molecule has 3 heterocycles. The third-order valence-electron chi connectivity index (χ3n) is 4.29. The molecule has 2 fully saturated rings. The topological polar surface area (TPSA) is 92.7 Å². The summed E-state index contributed by atoms with van der Waals surface area (Å²) >= 11 is 0. The molecule has 1 aromatic rings. The molecule has 0 atom stereocenters. The van der Waals surface area contributed by atoms with Crippen LogP contribution in [0, 0.1) is 5.92 Å². The van der Waals surface area contributed by atoms with Gasteiger partial charge in [-0.15, -0.1) is 0 Å². The molecule has 23 heavy (non-hydrogen) atoms. The summed E-state index contributed by atoms with van der Waals surface area (Å²) < 4.78 is 29.6. The van der Waals surface area contributed by atoms with E-state index >= 15 is 0 Å². The number of aromatic nitrogens is 2. The van der Waals surface area contributed by atoms with Gasteiger partial charge in [0.05, 0.1) is 18.5 Å². The maximum atomic E-state index is 11.7. The van der Waals surface area contributed by atoms with Crippen molar-refractivity contribution in [3.8, 4) is 0 Å². The summed E-state index contributed by atoms with van der Waals surface area (Å²) in [4.78, 5) is 21.9. The number of anilines is 1. The van der Waals surface area contributed by atoms with E-state index in [0.717, 1.165) is 18.5 Å². The molecule has 1 amide bonds. The zero-order chi connectivity index (χ0) is 16.4. The first-order chi connectivity index (χ1) is 10.9. The Bertz CT molecular complexity index is 686. The van der Waals surface area contributed by atoms with Gasteiger partial charge in [0.25, 0.3) is 0 Å². The number of cyclic esters (lactones) is 1. The summed E-state index contributed by atoms with van der Waals surface area (Å²) in [6, 6.07) is 0. The van der Waals surface area contributed by atoms with E-state index in [1.165, 1.54) is 15.5 Å². The van der Waals surface area contributed by atoms with Gasteiger partial charge >= 0.3 is 6.09 Å². The van der Waals surface area contributed by atoms with E-state index < -0.39 is 16.1 Å². The molecule has 1 aromatic heterocycles. The van der Waals surface area contributed by atoms with Gasteiger partial charge in [-0.2, -0.15) is 0 Å². The van der Waals surface area contributed by atoms with E-state index in [4.69, 9.17) is 4.74 Å². The molecule has 2 aliphatic rings. The molecular formula is C14H20N4O4S. The number of carbonyl (C=O) groups excluding carboxylic acids is 1. The Morgan fingerprint density at radius 1 is 1.22 bits per heavy atom. The monoisotopic (exact) mass is 340 g/mol. The van der Waals surface area contributed by atoms with Crippen molar-refractivity contribution < 1.29 is 17.9 Å². The number of ether oxygens (including phenoxy) is 1. The molecule has 0 bridgehead atoms. The summed E-state index contributed by atoms with van der Waals surface area (Å²) in [6.07, 6.45) is 6.29. The lowest BCUT2D eigenvalue weighted by Crippen LogP contribution is -2.38. The predicted molar refractivity (Wildman–Crippen MR) is 83.6 cm³/mol. The lowest BCUT2D eigenvalue weighted by Gasteiger charge is -2.30. The SMILES string of the molecule is CS(=O)(=O)N1CCC(Cc2nccnc2N2CCOC2=O)CC1. The third kappa shape index (κ3) is 3.61. The van der Waals surface area contributed by atoms with E-state index in [2.05, 4.69) is 9.97 Å². The Labute approximate surface area is 135 Å². The first kappa shape index (κ1) is 16.1. The van der Waals surface area contributed by atoms with E-state index in [1.54, 1.807) is 12.4 Å². The average Bonchev–Trinajstić information content (AvgIpc) is 2.93. The van der Waals surface area contributed by atoms with Crippen molar-refractivity contribution in [3.05, 3.63) is 18.1 Å². The summed E-state index contributed by atoms with van der Waals surface area (Å²) in [5, 5.41) is 0. The van der Waals surface area contributed by atoms with Crippen molar-refractivity contribution in [2.45, 2.75) is 19.3 Å². The van der Waals surface area contributed by atoms with Gasteiger partial charge in [-0.1, -0.05) is 0 Å². The molecule has 3 rings (SSSR count). The zero-order valence-electron chi connectivity index (χ0n) is 13.0. The van der Waals surface area contributed by atoms with Crippen LogP contribution in [0.5, 0.6) is 0 Å². The second-order valence-corrected chi connectivity index (χ2v) is 7.88. The highest BCUT2D eigenvalue weighted by Gasteiger charge is 2.30. The minimum atomic E-state index is -3.11. The first-order valence-electron chi connectivity index (χ1n) is 7.64. The Balaban J connectivity index is 1.69. The van der Waals surface area contributed by atoms with Crippen molar-refractivity contribution in [2.75, 3.05) is 37.4 Å². The fraction of sp³-hybridized carbons (Fsp3) is 0.643. The average molecular weight is 340 g/mol. The van der Waals surface area contributed by atoms with Crippen molar-refractivity contribution >= 4 is 21.9 Å². The number of hydrogen-bond donors (Lipinski definition) is 0. The molecule has 0 N–H and O–H groups in total. The van der Waals surface area contributed by atoms with Gasteiger partial charge < -0.3 is 4.74 Å². The minimum Gasteiger partial charge on any atom is -0.447 e. The second-order valence-electron chi connectivity index (χ2n) is 5.90. The van der Waals surface area contributed by atoms with Crippen LogP contribution in [0.1, 0.15) is 18.5 Å². The van der Waals surface area contributed by atoms with Gasteiger partial charge in [0.15, 0.2) is 5.82 Å². The van der Waals surface area contributed by atoms with Crippen LogP contribution >= 0.6 is 0 Å². The molecule has 0 aromatic carbocycles. The summed E-state index contributed by atoms with van der Waals surface area (Å²) in [5.41, 5.74) is 0.768. The van der Waals surface area contributed by atoms with Gasteiger partial charge in [-0.05, 0) is 25.2 Å². The third-order valence-corrected chi connectivity index (χ3v) is 5.60. The number of piperidine rings is 1. The highest BCUT2D eigenvalue weighted by molar-refractivity contribution is 7.88. The lowest BCUT2D eigenvalue weighted by molar-refractivity contribution is 0.181. The maximum Gasteiger partial charge on any atom is 0.415 e. The van der Waals surface area contributed by atoms with Crippen LogP contribution in [-0.2, 0) is 21.2 Å². The molecule has 0 unspecified atom stereocenters. The number of nitrogens with zero attached hydrogens (tertiary/aromatic N) is 4. The smallest absolute Gasteiger partial charge is 0.415 e. The number of sulfonamides is 1. The van der Waals surface area contributed by atoms with E-state index in [1.807, 2.05) is 0 Å². The Morgan fingerprint density at radius 2 is 1.91 bits per heavy atom. The molecule has 0 aliphatic carbocycles. The quantitative estimate of drug-likeness (QED) is 0.799. The molecular weight excluding hydrogens is 320 g/mol. The molecule has 8 nitrogen and oxygen atoms in total. The van der Waals surface area contributed by atoms with Crippen LogP contribution in [0.3, 0.4) is 0 Å². The van der Waals surface area contributed by atoms with Crippen LogP contribution in [0.25, 0.3) is 0 Å². The Morgan fingerprint density at radius 3 is 2.52 bits per heavy atom. The van der Waals surface area contributed by atoms with E-state index in [0.29, 0.717) is 44.4 Å². The van der Waals surface area contributed by atoms with Crippen molar-refractivity contribution in [2.24, 2.45) is 5.92 Å². The van der Waals surface area contributed by atoms with Gasteiger partial charge in [-0.3, -0.25) is 9.88 Å².